The van der Waals surface area contributed by atoms with Gasteiger partial charge in [0.1, 0.15) is 5.82 Å². The SMILES string of the molecule is CC(=O)c1ccc(N2CCN(Cc3ccc(C)cc3)CC2)nc1. The van der Waals surface area contributed by atoms with E-state index < -0.39 is 0 Å². The third-order valence-electron chi connectivity index (χ3n) is 4.38. The lowest BCUT2D eigenvalue weighted by atomic mass is 10.1. The summed E-state index contributed by atoms with van der Waals surface area (Å²) in [5.41, 5.74) is 3.35. The maximum atomic E-state index is 11.3. The van der Waals surface area contributed by atoms with Crippen LogP contribution in [-0.2, 0) is 6.54 Å². The molecule has 0 spiro atoms. The standard InChI is InChI=1S/C19H23N3O/c1-15-3-5-17(6-4-15)14-21-9-11-22(12-10-21)19-8-7-18(13-20-19)16(2)23/h3-8,13H,9-12,14H2,1-2H3. The quantitative estimate of drug-likeness (QED) is 0.814. The maximum Gasteiger partial charge on any atom is 0.161 e. The molecule has 1 saturated heterocycles. The first kappa shape index (κ1) is 15.7. The average Bonchev–Trinajstić information content (AvgIpc) is 2.58. The van der Waals surface area contributed by atoms with Gasteiger partial charge in [-0.15, -0.1) is 0 Å². The van der Waals surface area contributed by atoms with Gasteiger partial charge in [0.15, 0.2) is 5.78 Å². The van der Waals surface area contributed by atoms with E-state index in [9.17, 15) is 4.79 Å². The van der Waals surface area contributed by atoms with Crippen molar-refractivity contribution in [2.75, 3.05) is 31.1 Å². The number of carbonyl (C=O) groups excluding carboxylic acids is 1. The molecule has 120 valence electrons. The zero-order valence-corrected chi connectivity index (χ0v) is 13.8. The summed E-state index contributed by atoms with van der Waals surface area (Å²) in [4.78, 5) is 20.5. The van der Waals surface area contributed by atoms with Crippen LogP contribution in [0.3, 0.4) is 0 Å². The maximum absolute atomic E-state index is 11.3. The van der Waals surface area contributed by atoms with Crippen molar-refractivity contribution in [1.82, 2.24) is 9.88 Å². The summed E-state index contributed by atoms with van der Waals surface area (Å²) in [6, 6.07) is 12.6. The first-order valence-electron chi connectivity index (χ1n) is 8.11. The van der Waals surface area contributed by atoms with E-state index in [4.69, 9.17) is 0 Å². The van der Waals surface area contributed by atoms with Crippen molar-refractivity contribution in [2.45, 2.75) is 20.4 Å². The largest absolute Gasteiger partial charge is 0.354 e. The predicted molar refractivity (Wildman–Crippen MR) is 92.9 cm³/mol. The topological polar surface area (TPSA) is 36.4 Å². The van der Waals surface area contributed by atoms with Gasteiger partial charge in [-0.05, 0) is 31.5 Å². The molecule has 2 heterocycles. The molecule has 0 aliphatic carbocycles. The molecule has 1 fully saturated rings. The summed E-state index contributed by atoms with van der Waals surface area (Å²) in [6.45, 7) is 8.70. The molecule has 23 heavy (non-hydrogen) atoms. The van der Waals surface area contributed by atoms with E-state index in [2.05, 4.69) is 46.0 Å². The van der Waals surface area contributed by atoms with Crippen LogP contribution in [0.5, 0.6) is 0 Å². The lowest BCUT2D eigenvalue weighted by Crippen LogP contribution is -2.46. The molecule has 0 bridgehead atoms. The van der Waals surface area contributed by atoms with E-state index in [0.29, 0.717) is 5.56 Å². The molecule has 0 amide bonds. The molecule has 3 rings (SSSR count). The summed E-state index contributed by atoms with van der Waals surface area (Å²) in [5.74, 6) is 1.02. The van der Waals surface area contributed by atoms with Crippen LogP contribution in [0.15, 0.2) is 42.6 Å². The Morgan fingerprint density at radius 3 is 2.30 bits per heavy atom. The monoisotopic (exact) mass is 309 g/mol. The fourth-order valence-corrected chi connectivity index (χ4v) is 2.87. The van der Waals surface area contributed by atoms with Gasteiger partial charge < -0.3 is 4.90 Å². The van der Waals surface area contributed by atoms with E-state index in [1.807, 2.05) is 12.1 Å². The number of hydrogen-bond acceptors (Lipinski definition) is 4. The second-order valence-corrected chi connectivity index (χ2v) is 6.21. The van der Waals surface area contributed by atoms with Crippen molar-refractivity contribution in [2.24, 2.45) is 0 Å². The number of nitrogens with zero attached hydrogens (tertiary/aromatic N) is 3. The Morgan fingerprint density at radius 2 is 1.74 bits per heavy atom. The second-order valence-electron chi connectivity index (χ2n) is 6.21. The number of Topliss-reactive ketones (excluding diaryl/α,β-unsaturated/α-hetero) is 1. The predicted octanol–water partition coefficient (Wildman–Crippen LogP) is 2.91. The molecule has 0 radical (unpaired) electrons. The van der Waals surface area contributed by atoms with Crippen LogP contribution in [0.2, 0.25) is 0 Å². The minimum Gasteiger partial charge on any atom is -0.354 e. The molecule has 1 aromatic heterocycles. The smallest absolute Gasteiger partial charge is 0.161 e. The van der Waals surface area contributed by atoms with Crippen LogP contribution >= 0.6 is 0 Å². The Labute approximate surface area is 137 Å². The highest BCUT2D eigenvalue weighted by molar-refractivity contribution is 5.93. The zero-order valence-electron chi connectivity index (χ0n) is 13.8. The Morgan fingerprint density at radius 1 is 1.04 bits per heavy atom. The van der Waals surface area contributed by atoms with Gasteiger partial charge >= 0.3 is 0 Å². The van der Waals surface area contributed by atoms with Crippen LogP contribution in [0.1, 0.15) is 28.4 Å². The Bertz CT molecular complexity index is 656. The first-order chi connectivity index (χ1) is 11.1. The van der Waals surface area contributed by atoms with E-state index in [-0.39, 0.29) is 5.78 Å². The van der Waals surface area contributed by atoms with Gasteiger partial charge in [0, 0.05) is 44.5 Å². The van der Waals surface area contributed by atoms with Crippen molar-refractivity contribution >= 4 is 11.6 Å². The van der Waals surface area contributed by atoms with Gasteiger partial charge in [-0.25, -0.2) is 4.98 Å². The number of benzene rings is 1. The highest BCUT2D eigenvalue weighted by atomic mass is 16.1. The van der Waals surface area contributed by atoms with Gasteiger partial charge in [-0.2, -0.15) is 0 Å². The van der Waals surface area contributed by atoms with Crippen LogP contribution in [0, 0.1) is 6.92 Å². The lowest BCUT2D eigenvalue weighted by molar-refractivity contribution is 0.101. The van der Waals surface area contributed by atoms with Gasteiger partial charge in [0.25, 0.3) is 0 Å². The molecule has 1 aliphatic heterocycles. The summed E-state index contributed by atoms with van der Waals surface area (Å²) in [7, 11) is 0. The Balaban J connectivity index is 1.55. The summed E-state index contributed by atoms with van der Waals surface area (Å²) >= 11 is 0. The summed E-state index contributed by atoms with van der Waals surface area (Å²) < 4.78 is 0. The Kier molecular flexibility index (Phi) is 4.72. The van der Waals surface area contributed by atoms with Crippen LogP contribution in [0.4, 0.5) is 5.82 Å². The minimum atomic E-state index is 0.0620. The summed E-state index contributed by atoms with van der Waals surface area (Å²) in [5, 5.41) is 0. The molecule has 2 aromatic rings. The molecule has 0 unspecified atom stereocenters. The van der Waals surface area contributed by atoms with Crippen LogP contribution in [0.25, 0.3) is 0 Å². The molecule has 0 saturated carbocycles. The van der Waals surface area contributed by atoms with Crippen molar-refractivity contribution in [3.63, 3.8) is 0 Å². The lowest BCUT2D eigenvalue weighted by Gasteiger charge is -2.35. The number of aromatic nitrogens is 1. The molecule has 1 aliphatic rings. The van der Waals surface area contributed by atoms with Gasteiger partial charge in [0.2, 0.25) is 0 Å². The molecule has 0 N–H and O–H groups in total. The van der Waals surface area contributed by atoms with E-state index in [1.165, 1.54) is 11.1 Å². The number of aryl methyl sites for hydroxylation is 1. The van der Waals surface area contributed by atoms with E-state index in [1.54, 1.807) is 13.1 Å². The number of anilines is 1. The van der Waals surface area contributed by atoms with Gasteiger partial charge in [-0.3, -0.25) is 9.69 Å². The number of rotatable bonds is 4. The molecule has 4 heteroatoms. The average molecular weight is 309 g/mol. The third kappa shape index (κ3) is 3.96. The molecule has 4 nitrogen and oxygen atoms in total. The number of hydrogen-bond donors (Lipinski definition) is 0. The van der Waals surface area contributed by atoms with E-state index in [0.717, 1.165) is 38.5 Å². The van der Waals surface area contributed by atoms with Crippen molar-refractivity contribution < 1.29 is 4.79 Å². The fraction of sp³-hybridized carbons (Fsp3) is 0.368. The second kappa shape index (κ2) is 6.92. The van der Waals surface area contributed by atoms with E-state index >= 15 is 0 Å². The third-order valence-corrected chi connectivity index (χ3v) is 4.38. The minimum absolute atomic E-state index is 0.0620. The Hall–Kier alpha value is -2.20. The van der Waals surface area contributed by atoms with Gasteiger partial charge in [0.05, 0.1) is 0 Å². The first-order valence-corrected chi connectivity index (χ1v) is 8.11. The van der Waals surface area contributed by atoms with Crippen molar-refractivity contribution in [3.8, 4) is 0 Å². The number of ketones is 1. The van der Waals surface area contributed by atoms with Crippen LogP contribution in [-0.4, -0.2) is 41.8 Å². The number of pyridine rings is 1. The highest BCUT2D eigenvalue weighted by Crippen LogP contribution is 2.16. The van der Waals surface area contributed by atoms with Crippen LogP contribution < -0.4 is 4.90 Å². The highest BCUT2D eigenvalue weighted by Gasteiger charge is 2.18. The zero-order chi connectivity index (χ0) is 16.2. The number of carbonyl (C=O) groups is 1. The van der Waals surface area contributed by atoms with Crippen molar-refractivity contribution in [1.29, 1.82) is 0 Å². The molecular formula is C19H23N3O. The molecule has 1 aromatic carbocycles. The fourth-order valence-electron chi connectivity index (χ4n) is 2.87. The van der Waals surface area contributed by atoms with Crippen molar-refractivity contribution in [3.05, 3.63) is 59.3 Å². The molecular weight excluding hydrogens is 286 g/mol. The molecule has 0 atom stereocenters. The number of piperazine rings is 1. The normalized spacial score (nSPS) is 15.7. The van der Waals surface area contributed by atoms with Gasteiger partial charge in [-0.1, -0.05) is 29.8 Å². The summed E-state index contributed by atoms with van der Waals surface area (Å²) in [6.07, 6.45) is 1.68.